The Morgan fingerprint density at radius 2 is 1.81 bits per heavy atom. The average Bonchev–Trinajstić information content (AvgIpc) is 2.25. The fourth-order valence-electron chi connectivity index (χ4n) is 1.37. The van der Waals surface area contributed by atoms with Gasteiger partial charge in [-0.1, -0.05) is 35.3 Å². The van der Waals surface area contributed by atoms with Gasteiger partial charge in [0.25, 0.3) is 0 Å². The van der Waals surface area contributed by atoms with Crippen molar-refractivity contribution in [2.75, 3.05) is 0 Å². The highest BCUT2D eigenvalue weighted by molar-refractivity contribution is 6.43. The summed E-state index contributed by atoms with van der Waals surface area (Å²) >= 11 is 11.6. The van der Waals surface area contributed by atoms with Crippen LogP contribution >= 0.6 is 23.2 Å². The third-order valence-electron chi connectivity index (χ3n) is 2.24. The number of hydrogen-bond acceptors (Lipinski definition) is 4. The highest BCUT2D eigenvalue weighted by Crippen LogP contribution is 2.23. The van der Waals surface area contributed by atoms with Crippen molar-refractivity contribution in [3.63, 3.8) is 0 Å². The van der Waals surface area contributed by atoms with Crippen LogP contribution in [0.25, 0.3) is 0 Å². The monoisotopic (exact) mass is 256 g/mol. The average molecular weight is 257 g/mol. The molecular formula is C10H10Cl2N4. The van der Waals surface area contributed by atoms with Crippen molar-refractivity contribution in [2.24, 2.45) is 16.5 Å². The second-order valence-corrected chi connectivity index (χ2v) is 4.25. The summed E-state index contributed by atoms with van der Waals surface area (Å²) in [5.41, 5.74) is 12.4. The predicted octanol–water partition coefficient (Wildman–Crippen LogP) is 1.45. The van der Waals surface area contributed by atoms with Crippen molar-refractivity contribution < 1.29 is 0 Å². The summed E-state index contributed by atoms with van der Waals surface area (Å²) in [6.07, 6.45) is 1.53. The van der Waals surface area contributed by atoms with E-state index in [1.165, 1.54) is 6.20 Å². The van der Waals surface area contributed by atoms with E-state index >= 15 is 0 Å². The Labute approximate surface area is 103 Å². The van der Waals surface area contributed by atoms with Gasteiger partial charge in [-0.3, -0.25) is 5.73 Å². The van der Waals surface area contributed by atoms with Gasteiger partial charge >= 0.3 is 0 Å². The zero-order valence-electron chi connectivity index (χ0n) is 8.24. The molecule has 0 fully saturated rings. The summed E-state index contributed by atoms with van der Waals surface area (Å²) in [6, 6.07) is 7.02. The summed E-state index contributed by atoms with van der Waals surface area (Å²) in [5, 5.41) is 3.86. The smallest absolute Gasteiger partial charge is 0.211 e. The number of nitrogens with two attached hydrogens (primary N) is 2. The Balaban J connectivity index is 2.38. The lowest BCUT2D eigenvalue weighted by Crippen LogP contribution is -2.50. The minimum absolute atomic E-state index is 0.206. The molecule has 1 atom stereocenters. The first-order valence-electron chi connectivity index (χ1n) is 4.55. The first kappa shape index (κ1) is 11.3. The summed E-state index contributed by atoms with van der Waals surface area (Å²) < 4.78 is 0. The third kappa shape index (κ3) is 2.00. The highest BCUT2D eigenvalue weighted by Gasteiger charge is 2.28. The van der Waals surface area contributed by atoms with Crippen LogP contribution in [0, 0.1) is 0 Å². The SMILES string of the molecule is NC1=NC(N)(c2ccc(Cl)cc2)NC=C1Cl. The van der Waals surface area contributed by atoms with E-state index in [9.17, 15) is 0 Å². The van der Waals surface area contributed by atoms with E-state index < -0.39 is 5.79 Å². The Morgan fingerprint density at radius 3 is 2.38 bits per heavy atom. The topological polar surface area (TPSA) is 76.4 Å². The molecule has 1 aromatic carbocycles. The van der Waals surface area contributed by atoms with E-state index in [1.807, 2.05) is 0 Å². The number of benzene rings is 1. The molecular weight excluding hydrogens is 247 g/mol. The molecule has 2 rings (SSSR count). The lowest BCUT2D eigenvalue weighted by atomic mass is 10.1. The molecule has 0 radical (unpaired) electrons. The molecule has 1 aromatic rings. The lowest BCUT2D eigenvalue weighted by molar-refractivity contribution is 0.409. The van der Waals surface area contributed by atoms with Crippen molar-refractivity contribution >= 4 is 29.0 Å². The van der Waals surface area contributed by atoms with Gasteiger partial charge in [0.15, 0.2) is 0 Å². The van der Waals surface area contributed by atoms with Gasteiger partial charge in [0.2, 0.25) is 5.79 Å². The van der Waals surface area contributed by atoms with Crippen molar-refractivity contribution in [2.45, 2.75) is 5.79 Å². The summed E-state index contributed by atoms with van der Waals surface area (Å²) in [6.45, 7) is 0. The van der Waals surface area contributed by atoms with Crippen molar-refractivity contribution in [3.8, 4) is 0 Å². The van der Waals surface area contributed by atoms with Crippen molar-refractivity contribution in [1.29, 1.82) is 0 Å². The molecule has 0 amide bonds. The van der Waals surface area contributed by atoms with E-state index in [4.69, 9.17) is 34.7 Å². The number of hydrogen-bond donors (Lipinski definition) is 3. The number of nitrogens with one attached hydrogen (secondary N) is 1. The third-order valence-corrected chi connectivity index (χ3v) is 2.80. The minimum atomic E-state index is -1.09. The molecule has 4 nitrogen and oxygen atoms in total. The van der Waals surface area contributed by atoms with Crippen LogP contribution in [0.1, 0.15) is 5.56 Å². The standard InChI is InChI=1S/C10H10Cl2N4/c11-7-3-1-6(2-4-7)10(14)15-5-8(12)9(13)16-10/h1-5,15H,14H2,(H2,13,16). The van der Waals surface area contributed by atoms with E-state index in [-0.39, 0.29) is 5.84 Å². The zero-order chi connectivity index (χ0) is 11.8. The first-order valence-corrected chi connectivity index (χ1v) is 5.31. The number of nitrogens with zero attached hydrogens (tertiary/aromatic N) is 1. The van der Waals surface area contributed by atoms with Gasteiger partial charge in [0.05, 0.1) is 5.03 Å². The van der Waals surface area contributed by atoms with Crippen LogP contribution in [0.2, 0.25) is 5.02 Å². The number of halogens is 2. The second-order valence-electron chi connectivity index (χ2n) is 3.41. The summed E-state index contributed by atoms with van der Waals surface area (Å²) in [5.74, 6) is -0.884. The van der Waals surface area contributed by atoms with E-state index in [1.54, 1.807) is 24.3 Å². The molecule has 6 heteroatoms. The molecule has 1 heterocycles. The van der Waals surface area contributed by atoms with E-state index in [2.05, 4.69) is 10.3 Å². The van der Waals surface area contributed by atoms with Crippen LogP contribution in [0.4, 0.5) is 0 Å². The Morgan fingerprint density at radius 1 is 1.19 bits per heavy atom. The van der Waals surface area contributed by atoms with Gasteiger partial charge in [-0.05, 0) is 12.1 Å². The number of rotatable bonds is 1. The molecule has 16 heavy (non-hydrogen) atoms. The summed E-state index contributed by atoms with van der Waals surface area (Å²) in [7, 11) is 0. The Hall–Kier alpha value is -1.23. The highest BCUT2D eigenvalue weighted by atomic mass is 35.5. The fraction of sp³-hybridized carbons (Fsp3) is 0.100. The molecule has 0 aromatic heterocycles. The molecule has 0 spiro atoms. The molecule has 1 aliphatic rings. The van der Waals surface area contributed by atoms with Crippen LogP contribution in [-0.4, -0.2) is 5.84 Å². The van der Waals surface area contributed by atoms with Crippen LogP contribution in [0.5, 0.6) is 0 Å². The lowest BCUT2D eigenvalue weighted by Gasteiger charge is -2.29. The van der Waals surface area contributed by atoms with Gasteiger partial charge in [0.1, 0.15) is 5.84 Å². The van der Waals surface area contributed by atoms with Gasteiger partial charge in [-0.2, -0.15) is 0 Å². The maximum Gasteiger partial charge on any atom is 0.211 e. The van der Waals surface area contributed by atoms with Gasteiger partial charge in [-0.25, -0.2) is 4.99 Å². The molecule has 84 valence electrons. The quantitative estimate of drug-likeness (QED) is 0.712. The van der Waals surface area contributed by atoms with Crippen molar-refractivity contribution in [3.05, 3.63) is 46.1 Å². The zero-order valence-corrected chi connectivity index (χ0v) is 9.76. The van der Waals surface area contributed by atoms with Gasteiger partial charge in [-0.15, -0.1) is 0 Å². The van der Waals surface area contributed by atoms with Gasteiger partial charge < -0.3 is 11.1 Å². The number of amidine groups is 1. The molecule has 0 saturated heterocycles. The molecule has 1 unspecified atom stereocenters. The van der Waals surface area contributed by atoms with Gasteiger partial charge in [0, 0.05) is 16.8 Å². The largest absolute Gasteiger partial charge is 0.383 e. The van der Waals surface area contributed by atoms with E-state index in [0.717, 1.165) is 5.56 Å². The Bertz CT molecular complexity index is 466. The second kappa shape index (κ2) is 3.97. The Kier molecular flexibility index (Phi) is 2.80. The van der Waals surface area contributed by atoms with Crippen LogP contribution in [-0.2, 0) is 5.79 Å². The first-order chi connectivity index (χ1) is 7.51. The van der Waals surface area contributed by atoms with Crippen LogP contribution in [0.3, 0.4) is 0 Å². The maximum absolute atomic E-state index is 6.06. The van der Waals surface area contributed by atoms with Crippen LogP contribution in [0.15, 0.2) is 40.5 Å². The molecule has 1 aliphatic heterocycles. The number of aliphatic imine (C=N–C) groups is 1. The minimum Gasteiger partial charge on any atom is -0.383 e. The van der Waals surface area contributed by atoms with Crippen molar-refractivity contribution in [1.82, 2.24) is 5.32 Å². The predicted molar refractivity (Wildman–Crippen MR) is 66.0 cm³/mol. The van der Waals surface area contributed by atoms with E-state index in [0.29, 0.717) is 10.1 Å². The molecule has 0 aliphatic carbocycles. The maximum atomic E-state index is 6.06. The normalized spacial score (nSPS) is 24.4. The molecule has 0 bridgehead atoms. The van der Waals surface area contributed by atoms with Crippen LogP contribution < -0.4 is 16.8 Å². The molecule has 0 saturated carbocycles. The summed E-state index contributed by atoms with van der Waals surface area (Å²) in [4.78, 5) is 4.11. The molecule has 5 N–H and O–H groups in total. The fourth-order valence-corrected chi connectivity index (χ4v) is 1.60.